The number of amides is 2. The van der Waals surface area contributed by atoms with Crippen LogP contribution in [-0.2, 0) is 16.1 Å². The lowest BCUT2D eigenvalue weighted by Gasteiger charge is -2.17. The molecule has 1 atom stereocenters. The number of anilines is 1. The van der Waals surface area contributed by atoms with E-state index in [1.165, 1.54) is 11.0 Å². The maximum Gasteiger partial charge on any atom is 0.227 e. The van der Waals surface area contributed by atoms with E-state index >= 15 is 0 Å². The maximum atomic E-state index is 13.6. The van der Waals surface area contributed by atoms with Gasteiger partial charge in [-0.05, 0) is 24.3 Å². The van der Waals surface area contributed by atoms with Crippen LogP contribution in [0.5, 0.6) is 0 Å². The average molecular weight is 381 g/mol. The van der Waals surface area contributed by atoms with E-state index in [2.05, 4.69) is 5.32 Å². The molecule has 25 heavy (non-hydrogen) atoms. The van der Waals surface area contributed by atoms with Gasteiger partial charge >= 0.3 is 0 Å². The molecule has 4 nitrogen and oxygen atoms in total. The minimum Gasteiger partial charge on any atom is -0.352 e. The lowest BCUT2D eigenvalue weighted by Crippen LogP contribution is -2.32. The first kappa shape index (κ1) is 17.7. The number of nitrogens with zero attached hydrogens (tertiary/aromatic N) is 1. The van der Waals surface area contributed by atoms with Crippen molar-refractivity contribution in [3.05, 3.63) is 63.9 Å². The smallest absolute Gasteiger partial charge is 0.227 e. The molecule has 0 aliphatic carbocycles. The second-order valence-electron chi connectivity index (χ2n) is 5.81. The van der Waals surface area contributed by atoms with Crippen molar-refractivity contribution >= 4 is 40.7 Å². The fourth-order valence-corrected chi connectivity index (χ4v) is 3.05. The van der Waals surface area contributed by atoms with Crippen LogP contribution in [0, 0.1) is 11.7 Å². The molecular formula is C18H15Cl2FN2O2. The SMILES string of the molecule is O=C(NCc1ccccc1F)C1CC(=O)N(c2ccc(Cl)c(Cl)c2)C1. The molecule has 2 amide bonds. The molecule has 0 aromatic heterocycles. The number of hydrogen-bond donors (Lipinski definition) is 1. The zero-order chi connectivity index (χ0) is 18.0. The van der Waals surface area contributed by atoms with E-state index in [1.807, 2.05) is 0 Å². The number of halogens is 3. The zero-order valence-corrected chi connectivity index (χ0v) is 14.6. The Morgan fingerprint density at radius 1 is 1.20 bits per heavy atom. The van der Waals surface area contributed by atoms with Crippen LogP contribution in [0.2, 0.25) is 10.0 Å². The van der Waals surface area contributed by atoms with Gasteiger partial charge in [-0.3, -0.25) is 9.59 Å². The standard InChI is InChI=1S/C18H15Cl2FN2O2/c19-14-6-5-13(8-15(14)20)23-10-12(7-17(23)24)18(25)22-9-11-3-1-2-4-16(11)21/h1-6,8,12H,7,9-10H2,(H,22,25). The molecule has 0 spiro atoms. The number of rotatable bonds is 4. The monoisotopic (exact) mass is 380 g/mol. The summed E-state index contributed by atoms with van der Waals surface area (Å²) in [5.41, 5.74) is 1.00. The van der Waals surface area contributed by atoms with Crippen LogP contribution in [0.15, 0.2) is 42.5 Å². The van der Waals surface area contributed by atoms with E-state index in [1.54, 1.807) is 36.4 Å². The van der Waals surface area contributed by atoms with Gasteiger partial charge in [-0.25, -0.2) is 4.39 Å². The number of benzene rings is 2. The van der Waals surface area contributed by atoms with Gasteiger partial charge in [0.25, 0.3) is 0 Å². The third kappa shape index (κ3) is 3.94. The molecule has 1 unspecified atom stereocenters. The van der Waals surface area contributed by atoms with E-state index in [9.17, 15) is 14.0 Å². The molecule has 1 aliphatic rings. The summed E-state index contributed by atoms with van der Waals surface area (Å²) < 4.78 is 13.6. The van der Waals surface area contributed by atoms with E-state index in [4.69, 9.17) is 23.2 Å². The molecule has 1 aliphatic heterocycles. The first-order chi connectivity index (χ1) is 12.0. The highest BCUT2D eigenvalue weighted by Crippen LogP contribution is 2.31. The van der Waals surface area contributed by atoms with Crippen molar-refractivity contribution in [2.24, 2.45) is 5.92 Å². The highest BCUT2D eigenvalue weighted by atomic mass is 35.5. The minimum atomic E-state index is -0.492. The summed E-state index contributed by atoms with van der Waals surface area (Å²) in [5, 5.41) is 3.44. The molecule has 1 fully saturated rings. The predicted octanol–water partition coefficient (Wildman–Crippen LogP) is 3.80. The molecule has 0 radical (unpaired) electrons. The third-order valence-corrected chi connectivity index (χ3v) is 4.86. The second kappa shape index (κ2) is 7.42. The topological polar surface area (TPSA) is 49.4 Å². The summed E-state index contributed by atoms with van der Waals surface area (Å²) in [7, 11) is 0. The maximum absolute atomic E-state index is 13.6. The Kier molecular flexibility index (Phi) is 5.25. The molecule has 130 valence electrons. The Labute approximate surface area is 154 Å². The summed E-state index contributed by atoms with van der Waals surface area (Å²) in [6, 6.07) is 11.1. The molecule has 1 N–H and O–H groups in total. The highest BCUT2D eigenvalue weighted by Gasteiger charge is 2.35. The van der Waals surface area contributed by atoms with Crippen LogP contribution in [-0.4, -0.2) is 18.4 Å². The molecule has 0 saturated carbocycles. The van der Waals surface area contributed by atoms with Crippen molar-refractivity contribution in [1.82, 2.24) is 5.32 Å². The molecule has 1 heterocycles. The van der Waals surface area contributed by atoms with Gasteiger partial charge in [0, 0.05) is 30.8 Å². The van der Waals surface area contributed by atoms with Crippen molar-refractivity contribution in [3.8, 4) is 0 Å². The number of carbonyl (C=O) groups excluding carboxylic acids is 2. The Morgan fingerprint density at radius 3 is 2.68 bits per heavy atom. The number of nitrogens with one attached hydrogen (secondary N) is 1. The summed E-state index contributed by atoms with van der Waals surface area (Å²) in [6.45, 7) is 0.336. The Morgan fingerprint density at radius 2 is 1.96 bits per heavy atom. The molecule has 3 rings (SSSR count). The zero-order valence-electron chi connectivity index (χ0n) is 13.1. The fraction of sp³-hybridized carbons (Fsp3) is 0.222. The number of carbonyl (C=O) groups is 2. The lowest BCUT2D eigenvalue weighted by molar-refractivity contribution is -0.126. The van der Waals surface area contributed by atoms with Crippen LogP contribution < -0.4 is 10.2 Å². The summed E-state index contributed by atoms with van der Waals surface area (Å²) in [5.74, 6) is -1.31. The highest BCUT2D eigenvalue weighted by molar-refractivity contribution is 6.42. The quantitative estimate of drug-likeness (QED) is 0.876. The molecule has 7 heteroatoms. The lowest BCUT2D eigenvalue weighted by atomic mass is 10.1. The van der Waals surface area contributed by atoms with Crippen LogP contribution in [0.3, 0.4) is 0 Å². The Balaban J connectivity index is 1.64. The largest absolute Gasteiger partial charge is 0.352 e. The molecule has 2 aromatic rings. The van der Waals surface area contributed by atoms with Crippen molar-refractivity contribution in [2.75, 3.05) is 11.4 Å². The fourth-order valence-electron chi connectivity index (χ4n) is 2.75. The van der Waals surface area contributed by atoms with Gasteiger partial charge < -0.3 is 10.2 Å². The predicted molar refractivity (Wildman–Crippen MR) is 95.2 cm³/mol. The van der Waals surface area contributed by atoms with Crippen LogP contribution in [0.25, 0.3) is 0 Å². The van der Waals surface area contributed by atoms with Gasteiger partial charge in [0.2, 0.25) is 11.8 Å². The van der Waals surface area contributed by atoms with Gasteiger partial charge in [-0.15, -0.1) is 0 Å². The van der Waals surface area contributed by atoms with Gasteiger partial charge in [0.15, 0.2) is 0 Å². The van der Waals surface area contributed by atoms with E-state index in [-0.39, 0.29) is 37.1 Å². The summed E-state index contributed by atoms with van der Waals surface area (Å²) in [6.07, 6.45) is 0.101. The van der Waals surface area contributed by atoms with Gasteiger partial charge in [-0.1, -0.05) is 41.4 Å². The molecule has 0 bridgehead atoms. The second-order valence-corrected chi connectivity index (χ2v) is 6.63. The first-order valence-electron chi connectivity index (χ1n) is 7.72. The molecule has 2 aromatic carbocycles. The Bertz CT molecular complexity index is 828. The Hall–Kier alpha value is -2.11. The minimum absolute atomic E-state index is 0.0863. The van der Waals surface area contributed by atoms with E-state index in [0.717, 1.165) is 0 Å². The van der Waals surface area contributed by atoms with Gasteiger partial charge in [0.05, 0.1) is 16.0 Å². The van der Waals surface area contributed by atoms with E-state index < -0.39 is 5.92 Å². The van der Waals surface area contributed by atoms with Crippen molar-refractivity contribution < 1.29 is 14.0 Å². The van der Waals surface area contributed by atoms with Crippen LogP contribution in [0.4, 0.5) is 10.1 Å². The molecular weight excluding hydrogens is 366 g/mol. The van der Waals surface area contributed by atoms with Crippen LogP contribution >= 0.6 is 23.2 Å². The van der Waals surface area contributed by atoms with Gasteiger partial charge in [-0.2, -0.15) is 0 Å². The molecule has 1 saturated heterocycles. The van der Waals surface area contributed by atoms with Crippen molar-refractivity contribution in [1.29, 1.82) is 0 Å². The number of hydrogen-bond acceptors (Lipinski definition) is 2. The van der Waals surface area contributed by atoms with Crippen LogP contribution in [0.1, 0.15) is 12.0 Å². The summed E-state index contributed by atoms with van der Waals surface area (Å²) in [4.78, 5) is 26.0. The van der Waals surface area contributed by atoms with Gasteiger partial charge in [0.1, 0.15) is 5.82 Å². The third-order valence-electron chi connectivity index (χ3n) is 4.12. The van der Waals surface area contributed by atoms with Crippen molar-refractivity contribution in [3.63, 3.8) is 0 Å². The summed E-state index contributed by atoms with van der Waals surface area (Å²) >= 11 is 11.9. The first-order valence-corrected chi connectivity index (χ1v) is 8.48. The normalized spacial score (nSPS) is 17.0. The van der Waals surface area contributed by atoms with E-state index in [0.29, 0.717) is 21.3 Å². The van der Waals surface area contributed by atoms with Crippen molar-refractivity contribution in [2.45, 2.75) is 13.0 Å². The average Bonchev–Trinajstić information content (AvgIpc) is 2.98.